The predicted octanol–water partition coefficient (Wildman–Crippen LogP) is 5.06. The number of amides is 1. The molecule has 3 nitrogen and oxygen atoms in total. The van der Waals surface area contributed by atoms with E-state index in [0.29, 0.717) is 0 Å². The Kier molecular flexibility index (Phi) is 6.94. The Hall–Kier alpha value is -1.94. The molecule has 2 atom stereocenters. The van der Waals surface area contributed by atoms with Gasteiger partial charge in [-0.25, -0.2) is 0 Å². The minimum atomic E-state index is -0.142. The largest absolute Gasteiger partial charge is 0.496 e. The van der Waals surface area contributed by atoms with Gasteiger partial charge in [0.2, 0.25) is 5.91 Å². The summed E-state index contributed by atoms with van der Waals surface area (Å²) in [5, 5.41) is 3.04. The number of methoxy groups -OCH3 is 1. The molecule has 2 aromatic rings. The Morgan fingerprint density at radius 1 is 1.16 bits per heavy atom. The summed E-state index contributed by atoms with van der Waals surface area (Å²) in [5.41, 5.74) is 3.42. The summed E-state index contributed by atoms with van der Waals surface area (Å²) in [6, 6.07) is 14.4. The van der Waals surface area contributed by atoms with Crippen LogP contribution in [-0.4, -0.2) is 18.3 Å². The topological polar surface area (TPSA) is 38.3 Å². The molecule has 0 aliphatic rings. The molecule has 2 rings (SSSR count). The van der Waals surface area contributed by atoms with Crippen LogP contribution >= 0.6 is 11.8 Å². The van der Waals surface area contributed by atoms with Gasteiger partial charge in [-0.3, -0.25) is 4.79 Å². The van der Waals surface area contributed by atoms with E-state index < -0.39 is 0 Å². The summed E-state index contributed by atoms with van der Waals surface area (Å²) < 4.78 is 5.32. The highest BCUT2D eigenvalue weighted by Crippen LogP contribution is 2.27. The normalized spacial score (nSPS) is 13.2. The van der Waals surface area contributed by atoms with Crippen molar-refractivity contribution in [2.45, 2.75) is 50.3 Å². The van der Waals surface area contributed by atoms with Gasteiger partial charge in [-0.15, -0.1) is 11.8 Å². The number of rotatable bonds is 7. The second-order valence-corrected chi connectivity index (χ2v) is 7.69. The van der Waals surface area contributed by atoms with E-state index in [2.05, 4.69) is 49.5 Å². The molecule has 1 N–H and O–H groups in total. The van der Waals surface area contributed by atoms with Gasteiger partial charge in [0.25, 0.3) is 0 Å². The van der Waals surface area contributed by atoms with Crippen LogP contribution in [0.15, 0.2) is 47.4 Å². The van der Waals surface area contributed by atoms with Crippen molar-refractivity contribution >= 4 is 17.7 Å². The Morgan fingerprint density at radius 2 is 1.84 bits per heavy atom. The highest BCUT2D eigenvalue weighted by molar-refractivity contribution is 8.00. The average Bonchev–Trinajstić information content (AvgIpc) is 2.61. The third-order valence-corrected chi connectivity index (χ3v) is 5.36. The van der Waals surface area contributed by atoms with Gasteiger partial charge in [-0.2, -0.15) is 0 Å². The van der Waals surface area contributed by atoms with Gasteiger partial charge < -0.3 is 10.1 Å². The van der Waals surface area contributed by atoms with Crippen LogP contribution in [0.25, 0.3) is 0 Å². The molecular formula is C21H27NO2S. The SMILES string of the molecule is CC[C@@H](NC(=O)[C@@H](C)Sc1ccc(C)cc1)c1ccc(OC)c(C)c1. The van der Waals surface area contributed by atoms with Crippen LogP contribution in [0.2, 0.25) is 0 Å². The van der Waals surface area contributed by atoms with E-state index >= 15 is 0 Å². The number of ether oxygens (including phenoxy) is 1. The van der Waals surface area contributed by atoms with Crippen LogP contribution in [0.4, 0.5) is 0 Å². The molecule has 0 saturated carbocycles. The first kappa shape index (κ1) is 19.4. The fraction of sp³-hybridized carbons (Fsp3) is 0.381. The molecule has 0 radical (unpaired) electrons. The van der Waals surface area contributed by atoms with Crippen LogP contribution in [0.3, 0.4) is 0 Å². The molecule has 0 spiro atoms. The Morgan fingerprint density at radius 3 is 2.40 bits per heavy atom. The molecule has 0 aromatic heterocycles. The summed E-state index contributed by atoms with van der Waals surface area (Å²) >= 11 is 1.59. The van der Waals surface area contributed by atoms with Crippen molar-refractivity contribution in [2.24, 2.45) is 0 Å². The van der Waals surface area contributed by atoms with Gasteiger partial charge in [-0.05, 0) is 56.5 Å². The van der Waals surface area contributed by atoms with E-state index in [1.807, 2.05) is 26.0 Å². The molecule has 0 aliphatic heterocycles. The lowest BCUT2D eigenvalue weighted by Gasteiger charge is -2.21. The van der Waals surface area contributed by atoms with E-state index in [9.17, 15) is 4.79 Å². The van der Waals surface area contributed by atoms with Crippen LogP contribution in [0, 0.1) is 13.8 Å². The molecule has 0 heterocycles. The van der Waals surface area contributed by atoms with E-state index in [1.165, 1.54) is 5.56 Å². The predicted molar refractivity (Wildman–Crippen MR) is 105 cm³/mol. The third kappa shape index (κ3) is 5.27. The number of nitrogens with one attached hydrogen (secondary N) is 1. The zero-order valence-electron chi connectivity index (χ0n) is 15.6. The number of hydrogen-bond acceptors (Lipinski definition) is 3. The minimum absolute atomic E-state index is 0.0122. The summed E-state index contributed by atoms with van der Waals surface area (Å²) in [6.07, 6.45) is 0.847. The lowest BCUT2D eigenvalue weighted by atomic mass is 10.0. The van der Waals surface area contributed by atoms with Crippen LogP contribution in [0.5, 0.6) is 5.75 Å². The van der Waals surface area contributed by atoms with Crippen LogP contribution in [0.1, 0.15) is 43.0 Å². The highest BCUT2D eigenvalue weighted by Gasteiger charge is 2.19. The minimum Gasteiger partial charge on any atom is -0.496 e. The van der Waals surface area contributed by atoms with Gasteiger partial charge in [-0.1, -0.05) is 36.8 Å². The van der Waals surface area contributed by atoms with Gasteiger partial charge in [0.1, 0.15) is 5.75 Å². The number of carbonyl (C=O) groups excluding carboxylic acids is 1. The monoisotopic (exact) mass is 357 g/mol. The first-order valence-electron chi connectivity index (χ1n) is 8.62. The maximum absolute atomic E-state index is 12.6. The molecule has 0 bridgehead atoms. The van der Waals surface area contributed by atoms with Crippen molar-refractivity contribution in [3.05, 3.63) is 59.2 Å². The smallest absolute Gasteiger partial charge is 0.233 e. The van der Waals surface area contributed by atoms with Gasteiger partial charge >= 0.3 is 0 Å². The van der Waals surface area contributed by atoms with Crippen molar-refractivity contribution in [1.29, 1.82) is 0 Å². The highest BCUT2D eigenvalue weighted by atomic mass is 32.2. The summed E-state index contributed by atoms with van der Waals surface area (Å²) in [7, 11) is 1.67. The van der Waals surface area contributed by atoms with E-state index in [0.717, 1.165) is 28.2 Å². The number of thioether (sulfide) groups is 1. The lowest BCUT2D eigenvalue weighted by molar-refractivity contribution is -0.121. The zero-order valence-corrected chi connectivity index (χ0v) is 16.4. The molecule has 25 heavy (non-hydrogen) atoms. The van der Waals surface area contributed by atoms with Crippen LogP contribution in [-0.2, 0) is 4.79 Å². The van der Waals surface area contributed by atoms with Gasteiger partial charge in [0.15, 0.2) is 0 Å². The Balaban J connectivity index is 2.03. The quantitative estimate of drug-likeness (QED) is 0.704. The number of aryl methyl sites for hydroxylation is 2. The van der Waals surface area contributed by atoms with Crippen molar-refractivity contribution < 1.29 is 9.53 Å². The molecule has 134 valence electrons. The summed E-state index contributed by atoms with van der Waals surface area (Å²) in [5.74, 6) is 0.930. The number of benzene rings is 2. The van der Waals surface area contributed by atoms with Crippen molar-refractivity contribution in [2.75, 3.05) is 7.11 Å². The second-order valence-electron chi connectivity index (χ2n) is 6.27. The van der Waals surface area contributed by atoms with Crippen molar-refractivity contribution in [3.63, 3.8) is 0 Å². The molecule has 2 aromatic carbocycles. The molecule has 0 fully saturated rings. The maximum Gasteiger partial charge on any atom is 0.233 e. The Bertz CT molecular complexity index is 712. The molecule has 0 aliphatic carbocycles. The standard InChI is InChI=1S/C21H27NO2S/c1-6-19(17-9-12-20(24-5)15(3)13-17)22-21(23)16(4)25-18-10-7-14(2)8-11-18/h7-13,16,19H,6H2,1-5H3,(H,22,23)/t16-,19-/m1/s1. The second kappa shape index (κ2) is 8.95. The first-order valence-corrected chi connectivity index (χ1v) is 9.50. The molecule has 4 heteroatoms. The summed E-state index contributed by atoms with van der Waals surface area (Å²) in [6.45, 7) is 8.12. The van der Waals surface area contributed by atoms with Gasteiger partial charge in [0, 0.05) is 4.90 Å². The van der Waals surface area contributed by atoms with Crippen molar-refractivity contribution in [1.82, 2.24) is 5.32 Å². The van der Waals surface area contributed by atoms with E-state index in [4.69, 9.17) is 4.74 Å². The third-order valence-electron chi connectivity index (χ3n) is 4.25. The van der Waals surface area contributed by atoms with E-state index in [1.54, 1.807) is 18.9 Å². The average molecular weight is 358 g/mol. The fourth-order valence-corrected chi connectivity index (χ4v) is 3.58. The number of hydrogen-bond donors (Lipinski definition) is 1. The summed E-state index contributed by atoms with van der Waals surface area (Å²) in [4.78, 5) is 13.7. The first-order chi connectivity index (χ1) is 11.9. The number of carbonyl (C=O) groups is 1. The lowest BCUT2D eigenvalue weighted by Crippen LogP contribution is -2.34. The molecule has 0 unspecified atom stereocenters. The van der Waals surface area contributed by atoms with Crippen molar-refractivity contribution in [3.8, 4) is 5.75 Å². The van der Waals surface area contributed by atoms with E-state index in [-0.39, 0.29) is 17.2 Å². The fourth-order valence-electron chi connectivity index (χ4n) is 2.70. The maximum atomic E-state index is 12.6. The molecule has 1 amide bonds. The molecule has 0 saturated heterocycles. The van der Waals surface area contributed by atoms with Crippen LogP contribution < -0.4 is 10.1 Å². The molecular weight excluding hydrogens is 330 g/mol. The Labute approximate surface area is 155 Å². The van der Waals surface area contributed by atoms with Gasteiger partial charge in [0.05, 0.1) is 18.4 Å². The zero-order chi connectivity index (χ0) is 18.4.